The van der Waals surface area contributed by atoms with E-state index in [1.54, 1.807) is 67.8 Å². The molecule has 0 radical (unpaired) electrons. The molecule has 3 heterocycles. The maximum atomic E-state index is 13.5. The van der Waals surface area contributed by atoms with Gasteiger partial charge in [0.25, 0.3) is 10.0 Å². The number of hydrogen-bond donors (Lipinski definition) is 1. The van der Waals surface area contributed by atoms with Gasteiger partial charge in [-0.3, -0.25) is 14.7 Å². The molecule has 1 aliphatic heterocycles. The molecule has 8 nitrogen and oxygen atoms in total. The average molecular weight is 556 g/mol. The summed E-state index contributed by atoms with van der Waals surface area (Å²) in [6.07, 6.45) is 3.03. The normalized spacial score (nSPS) is 16.2. The zero-order chi connectivity index (χ0) is 28.3. The highest BCUT2D eigenvalue weighted by Crippen LogP contribution is 2.28. The molecule has 0 aliphatic carbocycles. The maximum absolute atomic E-state index is 13.5. The summed E-state index contributed by atoms with van der Waals surface area (Å²) in [7, 11) is -3.94. The Morgan fingerprint density at radius 1 is 1.10 bits per heavy atom. The first kappa shape index (κ1) is 27.3. The van der Waals surface area contributed by atoms with Crippen LogP contribution in [0, 0.1) is 18.8 Å². The van der Waals surface area contributed by atoms with Crippen LogP contribution in [0.2, 0.25) is 0 Å². The van der Waals surface area contributed by atoms with Gasteiger partial charge < -0.3 is 14.2 Å². The number of anilines is 1. The molecule has 4 aromatic rings. The Balaban J connectivity index is 1.31. The number of nitrogens with one attached hydrogen (secondary N) is 1. The lowest BCUT2D eigenvalue weighted by Crippen LogP contribution is -2.23. The minimum Gasteiger partial charge on any atom is -0.489 e. The maximum Gasteiger partial charge on any atom is 0.264 e. The molecule has 2 aromatic carbocycles. The summed E-state index contributed by atoms with van der Waals surface area (Å²) in [4.78, 5) is 8.88. The van der Waals surface area contributed by atoms with E-state index in [0.717, 1.165) is 5.39 Å². The zero-order valence-electron chi connectivity index (χ0n) is 22.5. The molecule has 0 bridgehead atoms. The van der Waals surface area contributed by atoms with Crippen molar-refractivity contribution in [2.45, 2.75) is 37.6 Å². The molecule has 204 valence electrons. The summed E-state index contributed by atoms with van der Waals surface area (Å²) in [5, 5.41) is 0.746. The molecule has 2 aromatic heterocycles. The van der Waals surface area contributed by atoms with Gasteiger partial charge in [0.05, 0.1) is 17.8 Å². The molecule has 0 amide bonds. The molecule has 1 N–H and O–H groups in total. The van der Waals surface area contributed by atoms with Crippen molar-refractivity contribution in [3.8, 4) is 11.8 Å². The minimum atomic E-state index is -3.94. The number of aryl methyl sites for hydroxylation is 1. The molecular formula is C31H29N3O5S. The van der Waals surface area contributed by atoms with Crippen molar-refractivity contribution in [2.24, 2.45) is 0 Å². The van der Waals surface area contributed by atoms with Crippen molar-refractivity contribution in [3.05, 3.63) is 102 Å². The molecule has 0 saturated carbocycles. The number of hydrogen-bond acceptors (Lipinski definition) is 7. The van der Waals surface area contributed by atoms with Gasteiger partial charge in [0.2, 0.25) is 0 Å². The van der Waals surface area contributed by atoms with E-state index in [1.807, 2.05) is 26.0 Å². The molecule has 0 spiro atoms. The van der Waals surface area contributed by atoms with Crippen LogP contribution in [0.25, 0.3) is 16.7 Å². The first-order valence-corrected chi connectivity index (χ1v) is 14.2. The minimum absolute atomic E-state index is 0.145. The van der Waals surface area contributed by atoms with Crippen LogP contribution in [0.5, 0.6) is 0 Å². The van der Waals surface area contributed by atoms with E-state index in [-0.39, 0.29) is 11.0 Å². The van der Waals surface area contributed by atoms with Crippen LogP contribution in [0.3, 0.4) is 0 Å². The molecule has 5 rings (SSSR count). The predicted molar refractivity (Wildman–Crippen MR) is 154 cm³/mol. The number of rotatable bonds is 7. The standard InChI is InChI=1S/C31H29N3O5S/c1-21-11-14-25-9-7-17-32-29(25)30(21)40(35,36)34-28-10-6-5-8-24(28)15-12-23-13-16-27(33-18-23)22(2)37-19-26-20-38-31(3,4)39-26/h5-11,13-14,16-18,26,34H,2,19-20H2,1,3-4H3. The van der Waals surface area contributed by atoms with Crippen LogP contribution in [0.15, 0.2) is 84.5 Å². The first-order chi connectivity index (χ1) is 19.1. The van der Waals surface area contributed by atoms with Crippen molar-refractivity contribution >= 4 is 32.4 Å². The van der Waals surface area contributed by atoms with Gasteiger partial charge in [-0.25, -0.2) is 8.42 Å². The van der Waals surface area contributed by atoms with Crippen molar-refractivity contribution < 1.29 is 22.6 Å². The highest BCUT2D eigenvalue weighted by molar-refractivity contribution is 7.93. The van der Waals surface area contributed by atoms with E-state index in [1.165, 1.54) is 0 Å². The highest BCUT2D eigenvalue weighted by atomic mass is 32.2. The largest absolute Gasteiger partial charge is 0.489 e. The van der Waals surface area contributed by atoms with Gasteiger partial charge >= 0.3 is 0 Å². The fourth-order valence-corrected chi connectivity index (χ4v) is 5.81. The number of aromatic nitrogens is 2. The van der Waals surface area contributed by atoms with Gasteiger partial charge in [-0.15, -0.1) is 0 Å². The lowest BCUT2D eigenvalue weighted by Gasteiger charge is -2.17. The number of sulfonamides is 1. The SMILES string of the molecule is C=C(OCC1COC(C)(C)O1)c1ccc(C#Cc2ccccc2NS(=O)(=O)c2c(C)ccc3cccnc23)cn1. The van der Waals surface area contributed by atoms with Crippen LogP contribution in [0.1, 0.15) is 36.2 Å². The number of para-hydroxylation sites is 1. The number of fused-ring (bicyclic) bond motifs is 1. The summed E-state index contributed by atoms with van der Waals surface area (Å²) in [6, 6.07) is 17.8. The van der Waals surface area contributed by atoms with E-state index in [9.17, 15) is 8.42 Å². The van der Waals surface area contributed by atoms with Crippen LogP contribution in [-0.4, -0.2) is 43.5 Å². The fraction of sp³-hybridized carbons (Fsp3) is 0.226. The number of nitrogens with zero attached hydrogens (tertiary/aromatic N) is 2. The van der Waals surface area contributed by atoms with E-state index in [0.29, 0.717) is 52.6 Å². The lowest BCUT2D eigenvalue weighted by molar-refractivity contribution is -0.142. The summed E-state index contributed by atoms with van der Waals surface area (Å²) in [5.74, 6) is 5.92. The van der Waals surface area contributed by atoms with Gasteiger partial charge in [-0.2, -0.15) is 0 Å². The zero-order valence-corrected chi connectivity index (χ0v) is 23.3. The van der Waals surface area contributed by atoms with E-state index < -0.39 is 15.8 Å². The highest BCUT2D eigenvalue weighted by Gasteiger charge is 2.33. The smallest absolute Gasteiger partial charge is 0.264 e. The summed E-state index contributed by atoms with van der Waals surface area (Å²) in [6.45, 7) is 10.2. The Morgan fingerprint density at radius 3 is 2.67 bits per heavy atom. The Morgan fingerprint density at radius 2 is 1.93 bits per heavy atom. The third-order valence-corrected chi connectivity index (χ3v) is 7.81. The Labute approximate surface area is 234 Å². The summed E-state index contributed by atoms with van der Waals surface area (Å²) in [5.41, 5.74) is 3.15. The molecule has 1 atom stereocenters. The van der Waals surface area contributed by atoms with Crippen molar-refractivity contribution in [1.82, 2.24) is 9.97 Å². The third kappa shape index (κ3) is 6.15. The van der Waals surface area contributed by atoms with Crippen LogP contribution < -0.4 is 4.72 Å². The second-order valence-electron chi connectivity index (χ2n) is 9.80. The monoisotopic (exact) mass is 555 g/mol. The van der Waals surface area contributed by atoms with Crippen molar-refractivity contribution in [2.75, 3.05) is 17.9 Å². The predicted octanol–water partition coefficient (Wildman–Crippen LogP) is 5.28. The second kappa shape index (κ2) is 11.1. The second-order valence-corrected chi connectivity index (χ2v) is 11.4. The number of benzene rings is 2. The summed E-state index contributed by atoms with van der Waals surface area (Å²) >= 11 is 0. The van der Waals surface area contributed by atoms with Crippen LogP contribution in [0.4, 0.5) is 5.69 Å². The molecule has 1 unspecified atom stereocenters. The van der Waals surface area contributed by atoms with Crippen molar-refractivity contribution in [3.63, 3.8) is 0 Å². The molecule has 1 fully saturated rings. The van der Waals surface area contributed by atoms with Gasteiger partial charge in [0.1, 0.15) is 29.1 Å². The van der Waals surface area contributed by atoms with Gasteiger partial charge in [0.15, 0.2) is 5.79 Å². The Hall–Kier alpha value is -4.23. The van der Waals surface area contributed by atoms with Crippen molar-refractivity contribution in [1.29, 1.82) is 0 Å². The van der Waals surface area contributed by atoms with E-state index in [2.05, 4.69) is 33.1 Å². The third-order valence-electron chi connectivity index (χ3n) is 6.27. The summed E-state index contributed by atoms with van der Waals surface area (Å²) < 4.78 is 46.7. The molecular weight excluding hydrogens is 526 g/mol. The lowest BCUT2D eigenvalue weighted by atomic mass is 10.1. The van der Waals surface area contributed by atoms with Gasteiger partial charge in [0, 0.05) is 28.9 Å². The number of pyridine rings is 2. The molecule has 1 saturated heterocycles. The average Bonchev–Trinajstić information content (AvgIpc) is 3.29. The fourth-order valence-electron chi connectivity index (χ4n) is 4.32. The van der Waals surface area contributed by atoms with E-state index >= 15 is 0 Å². The topological polar surface area (TPSA) is 99.6 Å². The molecule has 9 heteroatoms. The number of ether oxygens (including phenoxy) is 3. The van der Waals surface area contributed by atoms with Gasteiger partial charge in [-0.1, -0.05) is 48.8 Å². The van der Waals surface area contributed by atoms with Crippen LogP contribution >= 0.6 is 0 Å². The molecule has 1 aliphatic rings. The van der Waals surface area contributed by atoms with Gasteiger partial charge in [-0.05, 0) is 56.7 Å². The van der Waals surface area contributed by atoms with E-state index in [4.69, 9.17) is 14.2 Å². The first-order valence-electron chi connectivity index (χ1n) is 12.7. The Bertz CT molecular complexity index is 1740. The molecule has 40 heavy (non-hydrogen) atoms. The Kier molecular flexibility index (Phi) is 7.59. The van der Waals surface area contributed by atoms with Crippen LogP contribution in [-0.2, 0) is 24.2 Å². The quantitative estimate of drug-likeness (QED) is 0.245.